The summed E-state index contributed by atoms with van der Waals surface area (Å²) in [6.07, 6.45) is 0. The number of para-hydroxylation sites is 3. The van der Waals surface area contributed by atoms with E-state index in [4.69, 9.17) is 0 Å². The second-order valence-corrected chi connectivity index (χ2v) is 15.3. The van der Waals surface area contributed by atoms with Crippen LogP contribution in [-0.2, 0) is 0 Å². The van der Waals surface area contributed by atoms with Crippen molar-refractivity contribution in [3.05, 3.63) is 218 Å². The van der Waals surface area contributed by atoms with Crippen LogP contribution in [0, 0.1) is 0 Å². The molecule has 0 bridgehead atoms. The molecule has 0 atom stereocenters. The summed E-state index contributed by atoms with van der Waals surface area (Å²) < 4.78 is 4.82. The molecule has 2 aromatic heterocycles. The smallest absolute Gasteiger partial charge is 0.0547 e. The molecule has 0 spiro atoms. The van der Waals surface area contributed by atoms with Gasteiger partial charge in [0.25, 0.3) is 0 Å². The van der Waals surface area contributed by atoms with Crippen LogP contribution in [0.25, 0.3) is 110 Å². The zero-order valence-electron chi connectivity index (χ0n) is 31.7. The Bertz CT molecular complexity index is 3550. The quantitative estimate of drug-likeness (QED) is 0.167. The third kappa shape index (κ3) is 5.05. The Hall–Kier alpha value is -7.68. The number of hydrogen-bond donors (Lipinski definition) is 0. The van der Waals surface area contributed by atoms with E-state index in [-0.39, 0.29) is 0 Å². The molecule has 12 rings (SSSR count). The van der Waals surface area contributed by atoms with Crippen LogP contribution in [0.4, 0.5) is 0 Å². The first-order valence-electron chi connectivity index (χ1n) is 20.0. The van der Waals surface area contributed by atoms with Gasteiger partial charge in [0, 0.05) is 32.9 Å². The van der Waals surface area contributed by atoms with Crippen molar-refractivity contribution in [2.24, 2.45) is 0 Å². The highest BCUT2D eigenvalue weighted by atomic mass is 15.0. The summed E-state index contributed by atoms with van der Waals surface area (Å²) in [4.78, 5) is 0. The van der Waals surface area contributed by atoms with Gasteiger partial charge in [0.1, 0.15) is 0 Å². The monoisotopic (exact) mass is 736 g/mol. The van der Waals surface area contributed by atoms with E-state index in [1.54, 1.807) is 0 Å². The molecule has 270 valence electrons. The van der Waals surface area contributed by atoms with E-state index < -0.39 is 0 Å². The van der Waals surface area contributed by atoms with Crippen molar-refractivity contribution in [3.63, 3.8) is 0 Å². The van der Waals surface area contributed by atoms with Crippen molar-refractivity contribution in [2.75, 3.05) is 0 Å². The van der Waals surface area contributed by atoms with E-state index in [1.165, 1.54) is 104 Å². The molecule has 0 saturated heterocycles. The van der Waals surface area contributed by atoms with Crippen LogP contribution in [0.5, 0.6) is 0 Å². The molecule has 0 aliphatic rings. The first-order valence-corrected chi connectivity index (χ1v) is 20.0. The van der Waals surface area contributed by atoms with Crippen molar-refractivity contribution in [2.45, 2.75) is 0 Å². The van der Waals surface area contributed by atoms with E-state index in [1.807, 2.05) is 0 Å². The topological polar surface area (TPSA) is 9.86 Å². The van der Waals surface area contributed by atoms with Crippen LogP contribution in [0.15, 0.2) is 218 Å². The largest absolute Gasteiger partial charge is 0.309 e. The Morgan fingerprint density at radius 2 is 0.724 bits per heavy atom. The molecule has 2 heteroatoms. The van der Waals surface area contributed by atoms with Gasteiger partial charge in [-0.15, -0.1) is 0 Å². The first-order chi connectivity index (χ1) is 28.8. The van der Waals surface area contributed by atoms with Gasteiger partial charge >= 0.3 is 0 Å². The average molecular weight is 737 g/mol. The van der Waals surface area contributed by atoms with Crippen molar-refractivity contribution in [1.29, 1.82) is 0 Å². The number of hydrogen-bond acceptors (Lipinski definition) is 0. The summed E-state index contributed by atoms with van der Waals surface area (Å²) in [7, 11) is 0. The molecule has 58 heavy (non-hydrogen) atoms. The molecule has 12 aromatic rings. The van der Waals surface area contributed by atoms with Gasteiger partial charge in [0.2, 0.25) is 0 Å². The van der Waals surface area contributed by atoms with Crippen LogP contribution >= 0.6 is 0 Å². The fourth-order valence-corrected chi connectivity index (χ4v) is 9.40. The zero-order chi connectivity index (χ0) is 38.2. The fraction of sp³-hybridized carbons (Fsp3) is 0. The predicted octanol–water partition coefficient (Wildman–Crippen LogP) is 15.2. The molecular formula is C56H36N2. The Morgan fingerprint density at radius 1 is 0.224 bits per heavy atom. The van der Waals surface area contributed by atoms with Gasteiger partial charge in [-0.05, 0) is 116 Å². The van der Waals surface area contributed by atoms with Crippen LogP contribution in [0.3, 0.4) is 0 Å². The second-order valence-electron chi connectivity index (χ2n) is 15.3. The molecule has 0 unspecified atom stereocenters. The second kappa shape index (κ2) is 12.9. The van der Waals surface area contributed by atoms with Crippen LogP contribution in [-0.4, -0.2) is 9.13 Å². The lowest BCUT2D eigenvalue weighted by atomic mass is 9.91. The first kappa shape index (κ1) is 32.6. The third-order valence-corrected chi connectivity index (χ3v) is 12.1. The number of nitrogens with zero attached hydrogens (tertiary/aromatic N) is 2. The van der Waals surface area contributed by atoms with Crippen LogP contribution in [0.2, 0.25) is 0 Å². The SMILES string of the molecule is c1ccc(-c2ccc3cc(-n4c5ccccc5c5ccc(-c6ccc(-c7ccc8c(c7)c7ccccc7n8-c7ccccc7)c7ccccc67)cc54)ccc3c2)cc1. The van der Waals surface area contributed by atoms with Gasteiger partial charge in [-0.2, -0.15) is 0 Å². The molecule has 0 saturated carbocycles. The summed E-state index contributed by atoms with van der Waals surface area (Å²) in [5.41, 5.74) is 14.5. The Balaban J connectivity index is 1.00. The highest BCUT2D eigenvalue weighted by Gasteiger charge is 2.17. The molecule has 2 heterocycles. The van der Waals surface area contributed by atoms with Gasteiger partial charge in [-0.1, -0.05) is 158 Å². The summed E-state index contributed by atoms with van der Waals surface area (Å²) in [5, 5.41) is 9.98. The van der Waals surface area contributed by atoms with Crippen molar-refractivity contribution in [3.8, 4) is 44.8 Å². The summed E-state index contributed by atoms with van der Waals surface area (Å²) in [5.74, 6) is 0. The van der Waals surface area contributed by atoms with Gasteiger partial charge in [-0.3, -0.25) is 0 Å². The average Bonchev–Trinajstić information content (AvgIpc) is 3.81. The van der Waals surface area contributed by atoms with Crippen molar-refractivity contribution < 1.29 is 0 Å². The van der Waals surface area contributed by atoms with Gasteiger partial charge in [-0.25, -0.2) is 0 Å². The minimum Gasteiger partial charge on any atom is -0.309 e. The molecule has 2 nitrogen and oxygen atoms in total. The molecule has 0 amide bonds. The minimum atomic E-state index is 1.16. The molecule has 0 radical (unpaired) electrons. The maximum absolute atomic E-state index is 2.44. The molecule has 0 fully saturated rings. The van der Waals surface area contributed by atoms with Crippen LogP contribution < -0.4 is 0 Å². The van der Waals surface area contributed by atoms with Gasteiger partial charge < -0.3 is 9.13 Å². The number of aromatic nitrogens is 2. The highest BCUT2D eigenvalue weighted by Crippen LogP contribution is 2.41. The molecule has 0 aliphatic carbocycles. The summed E-state index contributed by atoms with van der Waals surface area (Å²) in [6, 6.07) is 80.0. The molecule has 10 aromatic carbocycles. The predicted molar refractivity (Wildman–Crippen MR) is 246 cm³/mol. The summed E-state index contributed by atoms with van der Waals surface area (Å²) >= 11 is 0. The number of rotatable bonds is 5. The number of fused-ring (bicyclic) bond motifs is 8. The zero-order valence-corrected chi connectivity index (χ0v) is 31.7. The minimum absolute atomic E-state index is 1.16. The van der Waals surface area contributed by atoms with Gasteiger partial charge in [0.15, 0.2) is 0 Å². The van der Waals surface area contributed by atoms with Crippen LogP contribution in [0.1, 0.15) is 0 Å². The van der Waals surface area contributed by atoms with E-state index in [0.29, 0.717) is 0 Å². The lowest BCUT2D eigenvalue weighted by molar-refractivity contribution is 1.18. The third-order valence-electron chi connectivity index (χ3n) is 12.1. The van der Waals surface area contributed by atoms with E-state index >= 15 is 0 Å². The van der Waals surface area contributed by atoms with Crippen molar-refractivity contribution in [1.82, 2.24) is 9.13 Å². The molecule has 0 N–H and O–H groups in total. The molecule has 0 aliphatic heterocycles. The number of benzene rings is 10. The maximum atomic E-state index is 2.44. The Labute approximate surface area is 336 Å². The summed E-state index contributed by atoms with van der Waals surface area (Å²) in [6.45, 7) is 0. The Morgan fingerprint density at radius 3 is 1.45 bits per heavy atom. The fourth-order valence-electron chi connectivity index (χ4n) is 9.40. The highest BCUT2D eigenvalue weighted by molar-refractivity contribution is 6.14. The van der Waals surface area contributed by atoms with E-state index in [2.05, 4.69) is 228 Å². The van der Waals surface area contributed by atoms with Crippen molar-refractivity contribution >= 4 is 65.2 Å². The lowest BCUT2D eigenvalue weighted by Crippen LogP contribution is -1.94. The van der Waals surface area contributed by atoms with E-state index in [0.717, 1.165) is 5.69 Å². The van der Waals surface area contributed by atoms with Gasteiger partial charge in [0.05, 0.1) is 22.1 Å². The standard InChI is InChI=1S/C56H36N2/c1-3-13-37(14-4-1)38-23-24-40-34-44(28-25-39(40)33-38)58-53-21-11-9-19-49(53)51-29-26-42(36-56(51)58)46-31-30-45(47-17-7-8-18-48(46)47)41-27-32-55-52(35-41)50-20-10-12-22-54(50)57(55)43-15-5-2-6-16-43/h1-36H. The lowest BCUT2D eigenvalue weighted by Gasteiger charge is -2.14. The maximum Gasteiger partial charge on any atom is 0.0547 e. The normalized spacial score (nSPS) is 11.8. The van der Waals surface area contributed by atoms with E-state index in [9.17, 15) is 0 Å². The Kier molecular flexibility index (Phi) is 7.26. The molecular weight excluding hydrogens is 701 g/mol.